The highest BCUT2D eigenvalue weighted by Crippen LogP contribution is 2.13. The topological polar surface area (TPSA) is 36.3 Å². The fourth-order valence-corrected chi connectivity index (χ4v) is 1.71. The van der Waals surface area contributed by atoms with Crippen LogP contribution in [0.15, 0.2) is 12.4 Å². The van der Waals surface area contributed by atoms with Crippen molar-refractivity contribution >= 4 is 0 Å². The van der Waals surface area contributed by atoms with Crippen molar-refractivity contribution in [2.24, 2.45) is 0 Å². The minimum absolute atomic E-state index is 0.00964. The maximum atomic E-state index is 5.61. The Labute approximate surface area is 90.2 Å². The van der Waals surface area contributed by atoms with Crippen LogP contribution in [-0.4, -0.2) is 29.3 Å². The predicted octanol–water partition coefficient (Wildman–Crippen LogP) is 1.73. The molecule has 0 N–H and O–H groups in total. The number of ether oxygens (including phenoxy) is 2. The third kappa shape index (κ3) is 3.32. The highest BCUT2D eigenvalue weighted by atomic mass is 16.7. The first kappa shape index (κ1) is 10.6. The van der Waals surface area contributed by atoms with Crippen LogP contribution in [-0.2, 0) is 16.0 Å². The van der Waals surface area contributed by atoms with E-state index >= 15 is 0 Å². The van der Waals surface area contributed by atoms with Crippen LogP contribution in [0, 0.1) is 6.92 Å². The summed E-state index contributed by atoms with van der Waals surface area (Å²) in [7, 11) is 0. The van der Waals surface area contributed by atoms with Gasteiger partial charge in [0.1, 0.15) is 0 Å². The second-order valence-corrected chi connectivity index (χ2v) is 3.95. The first-order chi connectivity index (χ1) is 7.34. The molecule has 15 heavy (non-hydrogen) atoms. The Morgan fingerprint density at radius 2 is 2.53 bits per heavy atom. The van der Waals surface area contributed by atoms with Crippen LogP contribution in [0.1, 0.15) is 24.8 Å². The van der Waals surface area contributed by atoms with Gasteiger partial charge in [-0.05, 0) is 31.7 Å². The molecule has 1 saturated heterocycles. The Hall–Kier alpha value is -0.870. The van der Waals surface area contributed by atoms with E-state index in [0.29, 0.717) is 6.61 Å². The minimum atomic E-state index is 0.00964. The van der Waals surface area contributed by atoms with E-state index in [1.807, 2.05) is 24.0 Å². The second-order valence-electron chi connectivity index (χ2n) is 3.95. The molecule has 0 aromatic carbocycles. The molecule has 1 aliphatic heterocycles. The molecule has 0 saturated carbocycles. The van der Waals surface area contributed by atoms with E-state index in [1.54, 1.807) is 0 Å². The largest absolute Gasteiger partial charge is 0.353 e. The van der Waals surface area contributed by atoms with Gasteiger partial charge in [0.25, 0.3) is 0 Å². The normalized spacial score (nSPS) is 21.8. The quantitative estimate of drug-likeness (QED) is 0.759. The van der Waals surface area contributed by atoms with E-state index in [0.717, 1.165) is 26.0 Å². The molecule has 1 fully saturated rings. The van der Waals surface area contributed by atoms with Crippen molar-refractivity contribution < 1.29 is 9.47 Å². The van der Waals surface area contributed by atoms with Gasteiger partial charge in [0.05, 0.1) is 19.3 Å². The molecule has 1 aromatic rings. The highest BCUT2D eigenvalue weighted by molar-refractivity contribution is 4.99. The maximum Gasteiger partial charge on any atom is 0.157 e. The summed E-state index contributed by atoms with van der Waals surface area (Å²) < 4.78 is 13.0. The average molecular weight is 210 g/mol. The monoisotopic (exact) mass is 210 g/mol. The molecule has 2 heterocycles. The molecular formula is C11H18N2O2. The van der Waals surface area contributed by atoms with E-state index < -0.39 is 0 Å². The van der Waals surface area contributed by atoms with Gasteiger partial charge in [-0.25, -0.2) is 0 Å². The summed E-state index contributed by atoms with van der Waals surface area (Å²) in [5, 5.41) is 4.19. The molecule has 1 aliphatic rings. The smallest absolute Gasteiger partial charge is 0.157 e. The lowest BCUT2D eigenvalue weighted by Crippen LogP contribution is -2.24. The van der Waals surface area contributed by atoms with Crippen molar-refractivity contribution in [1.29, 1.82) is 0 Å². The van der Waals surface area contributed by atoms with Crippen LogP contribution >= 0.6 is 0 Å². The lowest BCUT2D eigenvalue weighted by molar-refractivity contribution is -0.163. The number of nitrogens with zero attached hydrogens (tertiary/aromatic N) is 2. The molecule has 0 radical (unpaired) electrons. The van der Waals surface area contributed by atoms with E-state index in [-0.39, 0.29) is 6.29 Å². The summed E-state index contributed by atoms with van der Waals surface area (Å²) in [5.74, 6) is 0. The van der Waals surface area contributed by atoms with Gasteiger partial charge < -0.3 is 9.47 Å². The molecule has 0 spiro atoms. The summed E-state index contributed by atoms with van der Waals surface area (Å²) >= 11 is 0. The SMILES string of the molecule is Cc1cnn(CCO[C@H]2CCCCO2)c1. The lowest BCUT2D eigenvalue weighted by Gasteiger charge is -2.22. The van der Waals surface area contributed by atoms with Gasteiger partial charge >= 0.3 is 0 Å². The van der Waals surface area contributed by atoms with E-state index in [4.69, 9.17) is 9.47 Å². The molecule has 1 aromatic heterocycles. The van der Waals surface area contributed by atoms with Gasteiger partial charge in [-0.1, -0.05) is 0 Å². The average Bonchev–Trinajstić information content (AvgIpc) is 2.66. The van der Waals surface area contributed by atoms with Gasteiger partial charge in [-0.3, -0.25) is 4.68 Å². The number of rotatable bonds is 4. The van der Waals surface area contributed by atoms with Gasteiger partial charge in [0, 0.05) is 12.8 Å². The van der Waals surface area contributed by atoms with Crippen molar-refractivity contribution in [2.75, 3.05) is 13.2 Å². The highest BCUT2D eigenvalue weighted by Gasteiger charge is 2.13. The Bertz CT molecular complexity index is 293. The van der Waals surface area contributed by atoms with Crippen LogP contribution < -0.4 is 0 Å². The molecule has 4 heteroatoms. The fourth-order valence-electron chi connectivity index (χ4n) is 1.71. The van der Waals surface area contributed by atoms with Gasteiger partial charge in [-0.15, -0.1) is 0 Å². The van der Waals surface area contributed by atoms with Gasteiger partial charge in [-0.2, -0.15) is 5.10 Å². The molecule has 0 aliphatic carbocycles. The van der Waals surface area contributed by atoms with Crippen molar-refractivity contribution in [3.05, 3.63) is 18.0 Å². The molecular weight excluding hydrogens is 192 g/mol. The van der Waals surface area contributed by atoms with E-state index in [2.05, 4.69) is 5.10 Å². The third-order valence-corrected chi connectivity index (χ3v) is 2.52. The first-order valence-corrected chi connectivity index (χ1v) is 5.57. The summed E-state index contributed by atoms with van der Waals surface area (Å²) in [4.78, 5) is 0. The zero-order valence-electron chi connectivity index (χ0n) is 9.19. The lowest BCUT2D eigenvalue weighted by atomic mass is 10.2. The fraction of sp³-hybridized carbons (Fsp3) is 0.727. The third-order valence-electron chi connectivity index (χ3n) is 2.52. The number of aryl methyl sites for hydroxylation is 1. The Balaban J connectivity index is 1.65. The molecule has 0 amide bonds. The first-order valence-electron chi connectivity index (χ1n) is 5.57. The standard InChI is InChI=1S/C11H18N2O2/c1-10-8-12-13(9-10)5-7-15-11-4-2-3-6-14-11/h8-9,11H,2-7H2,1H3/t11-/m0/s1. The molecule has 0 unspecified atom stereocenters. The van der Waals surface area contributed by atoms with Crippen LogP contribution in [0.3, 0.4) is 0 Å². The van der Waals surface area contributed by atoms with Gasteiger partial charge in [0.2, 0.25) is 0 Å². The van der Waals surface area contributed by atoms with E-state index in [1.165, 1.54) is 12.0 Å². The number of aromatic nitrogens is 2. The Morgan fingerprint density at radius 3 is 3.20 bits per heavy atom. The summed E-state index contributed by atoms with van der Waals surface area (Å²) in [6, 6.07) is 0. The second kappa shape index (κ2) is 5.28. The molecule has 84 valence electrons. The van der Waals surface area contributed by atoms with Crippen molar-refractivity contribution in [1.82, 2.24) is 9.78 Å². The maximum absolute atomic E-state index is 5.61. The van der Waals surface area contributed by atoms with Crippen LogP contribution in [0.4, 0.5) is 0 Å². The number of hydrogen-bond acceptors (Lipinski definition) is 3. The van der Waals surface area contributed by atoms with Crippen molar-refractivity contribution in [2.45, 2.75) is 39.0 Å². The van der Waals surface area contributed by atoms with Gasteiger partial charge in [0.15, 0.2) is 6.29 Å². The number of hydrogen-bond donors (Lipinski definition) is 0. The van der Waals surface area contributed by atoms with E-state index in [9.17, 15) is 0 Å². The van der Waals surface area contributed by atoms with Crippen LogP contribution in [0.5, 0.6) is 0 Å². The Kier molecular flexibility index (Phi) is 3.75. The van der Waals surface area contributed by atoms with Crippen LogP contribution in [0.2, 0.25) is 0 Å². The zero-order chi connectivity index (χ0) is 10.5. The molecule has 4 nitrogen and oxygen atoms in total. The molecule has 2 rings (SSSR count). The molecule has 1 atom stereocenters. The molecule has 0 bridgehead atoms. The summed E-state index contributed by atoms with van der Waals surface area (Å²) in [6.07, 6.45) is 7.29. The summed E-state index contributed by atoms with van der Waals surface area (Å²) in [6.45, 7) is 4.35. The minimum Gasteiger partial charge on any atom is -0.353 e. The zero-order valence-corrected chi connectivity index (χ0v) is 9.19. The predicted molar refractivity (Wildman–Crippen MR) is 56.5 cm³/mol. The van der Waals surface area contributed by atoms with Crippen LogP contribution in [0.25, 0.3) is 0 Å². The van der Waals surface area contributed by atoms with Crippen molar-refractivity contribution in [3.8, 4) is 0 Å². The summed E-state index contributed by atoms with van der Waals surface area (Å²) in [5.41, 5.74) is 1.18. The Morgan fingerprint density at radius 1 is 1.60 bits per heavy atom. The van der Waals surface area contributed by atoms with Crippen molar-refractivity contribution in [3.63, 3.8) is 0 Å².